The monoisotopic (exact) mass is 275 g/mol. The molecule has 0 aliphatic carbocycles. The van der Waals surface area contributed by atoms with Crippen LogP contribution < -0.4 is 0 Å². The largest absolute Gasteiger partial charge is 0.294 e. The Morgan fingerprint density at radius 1 is 1.05 bits per heavy atom. The fourth-order valence-corrected chi connectivity index (χ4v) is 3.00. The number of aromatic nitrogens is 2. The Hall–Kier alpha value is -2.26. The molecule has 0 radical (unpaired) electrons. The third-order valence-corrected chi connectivity index (χ3v) is 4.07. The number of pyridine rings is 2. The Balaban J connectivity index is 1.61. The maximum absolute atomic E-state index is 4.72. The molecule has 1 aliphatic heterocycles. The van der Waals surface area contributed by atoms with Gasteiger partial charge in [0.05, 0.1) is 0 Å². The Kier molecular flexibility index (Phi) is 3.13. The summed E-state index contributed by atoms with van der Waals surface area (Å²) in [5.74, 6) is 0. The zero-order valence-corrected chi connectivity index (χ0v) is 11.9. The molecule has 3 heterocycles. The van der Waals surface area contributed by atoms with Gasteiger partial charge in [0.2, 0.25) is 0 Å². The van der Waals surface area contributed by atoms with Crippen LogP contribution in [0.3, 0.4) is 0 Å². The highest BCUT2D eigenvalue weighted by Gasteiger charge is 2.18. The first-order valence-corrected chi connectivity index (χ1v) is 7.38. The van der Waals surface area contributed by atoms with E-state index in [4.69, 9.17) is 4.98 Å². The third-order valence-electron chi connectivity index (χ3n) is 4.07. The van der Waals surface area contributed by atoms with Crippen molar-refractivity contribution in [3.8, 4) is 0 Å². The van der Waals surface area contributed by atoms with E-state index >= 15 is 0 Å². The first kappa shape index (κ1) is 12.5. The lowest BCUT2D eigenvalue weighted by Gasteiger charge is -2.28. The zero-order chi connectivity index (χ0) is 14.1. The van der Waals surface area contributed by atoms with Crippen molar-refractivity contribution in [2.45, 2.75) is 19.5 Å². The van der Waals surface area contributed by atoms with Crippen LogP contribution in [0.25, 0.3) is 11.0 Å². The van der Waals surface area contributed by atoms with Crippen LogP contribution >= 0.6 is 0 Å². The molecule has 0 spiro atoms. The van der Waals surface area contributed by atoms with E-state index in [9.17, 15) is 0 Å². The summed E-state index contributed by atoms with van der Waals surface area (Å²) in [6.07, 6.45) is 2.82. The normalized spacial score (nSPS) is 15.0. The number of hydrogen-bond donors (Lipinski definition) is 0. The van der Waals surface area contributed by atoms with Crippen molar-refractivity contribution in [2.75, 3.05) is 6.54 Å². The van der Waals surface area contributed by atoms with Gasteiger partial charge in [0, 0.05) is 43.3 Å². The molecule has 1 aliphatic rings. The van der Waals surface area contributed by atoms with Gasteiger partial charge in [0.25, 0.3) is 0 Å². The lowest BCUT2D eigenvalue weighted by molar-refractivity contribution is 0.244. The zero-order valence-electron chi connectivity index (χ0n) is 11.9. The van der Waals surface area contributed by atoms with Crippen molar-refractivity contribution in [1.82, 2.24) is 14.9 Å². The third kappa shape index (κ3) is 2.52. The van der Waals surface area contributed by atoms with Gasteiger partial charge in [-0.2, -0.15) is 0 Å². The van der Waals surface area contributed by atoms with E-state index in [2.05, 4.69) is 52.3 Å². The van der Waals surface area contributed by atoms with Crippen molar-refractivity contribution in [3.05, 3.63) is 71.5 Å². The van der Waals surface area contributed by atoms with E-state index in [1.165, 1.54) is 16.8 Å². The molecule has 2 aromatic heterocycles. The fraction of sp³-hybridized carbons (Fsp3) is 0.222. The predicted molar refractivity (Wildman–Crippen MR) is 83.8 cm³/mol. The second-order valence-corrected chi connectivity index (χ2v) is 5.59. The summed E-state index contributed by atoms with van der Waals surface area (Å²) in [5, 5.41) is 1.14. The standard InChI is InChI=1S/C18H17N3/c1-2-5-14(6-3-1)12-21-10-8-17-16(13-21)11-15-7-4-9-19-18(15)20-17/h1-7,9,11H,8,10,12-13H2. The molecular weight excluding hydrogens is 258 g/mol. The average Bonchev–Trinajstić information content (AvgIpc) is 2.54. The van der Waals surface area contributed by atoms with Crippen molar-refractivity contribution in [2.24, 2.45) is 0 Å². The van der Waals surface area contributed by atoms with Crippen molar-refractivity contribution in [3.63, 3.8) is 0 Å². The molecule has 0 saturated carbocycles. The number of rotatable bonds is 2. The molecule has 1 aromatic carbocycles. The predicted octanol–water partition coefficient (Wildman–Crippen LogP) is 3.19. The van der Waals surface area contributed by atoms with Gasteiger partial charge in [-0.1, -0.05) is 30.3 Å². The summed E-state index contributed by atoms with van der Waals surface area (Å²) in [7, 11) is 0. The van der Waals surface area contributed by atoms with Gasteiger partial charge in [0.15, 0.2) is 5.65 Å². The van der Waals surface area contributed by atoms with Crippen LogP contribution in [-0.2, 0) is 19.5 Å². The summed E-state index contributed by atoms with van der Waals surface area (Å²) in [4.78, 5) is 11.6. The topological polar surface area (TPSA) is 29.0 Å². The van der Waals surface area contributed by atoms with Gasteiger partial charge in [-0.25, -0.2) is 9.97 Å². The molecule has 0 amide bonds. The van der Waals surface area contributed by atoms with Gasteiger partial charge in [-0.15, -0.1) is 0 Å². The Bertz CT molecular complexity index is 768. The number of fused-ring (bicyclic) bond motifs is 2. The van der Waals surface area contributed by atoms with Crippen LogP contribution in [0.1, 0.15) is 16.8 Å². The maximum atomic E-state index is 4.72. The summed E-state index contributed by atoms with van der Waals surface area (Å²) < 4.78 is 0. The number of benzene rings is 1. The van der Waals surface area contributed by atoms with Gasteiger partial charge in [0.1, 0.15) is 0 Å². The average molecular weight is 275 g/mol. The highest BCUT2D eigenvalue weighted by Crippen LogP contribution is 2.22. The van der Waals surface area contributed by atoms with E-state index in [-0.39, 0.29) is 0 Å². The van der Waals surface area contributed by atoms with Gasteiger partial charge in [-0.05, 0) is 29.3 Å². The highest BCUT2D eigenvalue weighted by atomic mass is 15.1. The number of nitrogens with zero attached hydrogens (tertiary/aromatic N) is 3. The van der Waals surface area contributed by atoms with Gasteiger partial charge < -0.3 is 0 Å². The van der Waals surface area contributed by atoms with Gasteiger partial charge in [-0.3, -0.25) is 4.90 Å². The molecule has 0 N–H and O–H groups in total. The van der Waals surface area contributed by atoms with E-state index in [0.717, 1.165) is 37.1 Å². The Morgan fingerprint density at radius 3 is 2.86 bits per heavy atom. The minimum absolute atomic E-state index is 0.868. The Labute approximate surface area is 124 Å². The first-order chi connectivity index (χ1) is 10.4. The number of hydrogen-bond acceptors (Lipinski definition) is 3. The van der Waals surface area contributed by atoms with Crippen LogP contribution in [0.5, 0.6) is 0 Å². The molecular formula is C18H17N3. The summed E-state index contributed by atoms with van der Waals surface area (Å²) in [5.41, 5.74) is 4.80. The molecule has 3 aromatic rings. The van der Waals surface area contributed by atoms with Crippen LogP contribution in [0.15, 0.2) is 54.7 Å². The Morgan fingerprint density at radius 2 is 1.95 bits per heavy atom. The summed E-state index contributed by atoms with van der Waals surface area (Å²) in [6, 6.07) is 17.0. The lowest BCUT2D eigenvalue weighted by Crippen LogP contribution is -2.30. The van der Waals surface area contributed by atoms with Crippen LogP contribution in [-0.4, -0.2) is 21.4 Å². The molecule has 0 fully saturated rings. The lowest BCUT2D eigenvalue weighted by atomic mass is 10.0. The molecule has 3 nitrogen and oxygen atoms in total. The van der Waals surface area contributed by atoms with Crippen molar-refractivity contribution in [1.29, 1.82) is 0 Å². The molecule has 0 bridgehead atoms. The first-order valence-electron chi connectivity index (χ1n) is 7.38. The molecule has 0 saturated heterocycles. The molecule has 21 heavy (non-hydrogen) atoms. The van der Waals surface area contributed by atoms with E-state index in [1.807, 2.05) is 12.3 Å². The molecule has 104 valence electrons. The molecule has 0 atom stereocenters. The van der Waals surface area contributed by atoms with E-state index < -0.39 is 0 Å². The van der Waals surface area contributed by atoms with Crippen LogP contribution in [0.4, 0.5) is 0 Å². The van der Waals surface area contributed by atoms with Gasteiger partial charge >= 0.3 is 0 Å². The van der Waals surface area contributed by atoms with E-state index in [1.54, 1.807) is 0 Å². The SMILES string of the molecule is c1ccc(CN2CCc3nc4ncccc4cc3C2)cc1. The minimum atomic E-state index is 0.868. The van der Waals surface area contributed by atoms with Crippen molar-refractivity contribution >= 4 is 11.0 Å². The smallest absolute Gasteiger partial charge is 0.159 e. The molecule has 0 unspecified atom stereocenters. The second-order valence-electron chi connectivity index (χ2n) is 5.59. The summed E-state index contributed by atoms with van der Waals surface area (Å²) >= 11 is 0. The molecule has 4 rings (SSSR count). The second kappa shape index (κ2) is 5.26. The van der Waals surface area contributed by atoms with E-state index in [0.29, 0.717) is 0 Å². The quantitative estimate of drug-likeness (QED) is 0.719. The van der Waals surface area contributed by atoms with Crippen LogP contribution in [0.2, 0.25) is 0 Å². The van der Waals surface area contributed by atoms with Crippen LogP contribution in [0, 0.1) is 0 Å². The minimum Gasteiger partial charge on any atom is -0.294 e. The highest BCUT2D eigenvalue weighted by molar-refractivity contribution is 5.75. The summed E-state index contributed by atoms with van der Waals surface area (Å²) in [6.45, 7) is 3.04. The fourth-order valence-electron chi connectivity index (χ4n) is 3.00. The maximum Gasteiger partial charge on any atom is 0.159 e. The van der Waals surface area contributed by atoms with Crippen molar-refractivity contribution < 1.29 is 0 Å². The molecule has 3 heteroatoms.